The molecule has 0 spiro atoms. The van der Waals surface area contributed by atoms with Gasteiger partial charge in [0.05, 0.1) is 19.1 Å². The van der Waals surface area contributed by atoms with E-state index in [4.69, 9.17) is 4.74 Å². The first kappa shape index (κ1) is 18.9. The van der Waals surface area contributed by atoms with E-state index in [1.54, 1.807) is 43.3 Å². The lowest BCUT2D eigenvalue weighted by Crippen LogP contribution is -2.45. The molecule has 27 heavy (non-hydrogen) atoms. The summed E-state index contributed by atoms with van der Waals surface area (Å²) in [4.78, 5) is 24.2. The zero-order valence-corrected chi connectivity index (χ0v) is 15.2. The molecular weight excluding hydrogens is 349 g/mol. The van der Waals surface area contributed by atoms with Crippen molar-refractivity contribution in [1.29, 1.82) is 0 Å². The van der Waals surface area contributed by atoms with E-state index in [-0.39, 0.29) is 30.0 Å². The van der Waals surface area contributed by atoms with Gasteiger partial charge in [0.1, 0.15) is 11.6 Å². The molecule has 0 heterocycles. The molecule has 3 atom stereocenters. The van der Waals surface area contributed by atoms with E-state index in [1.165, 1.54) is 19.2 Å². The largest absolute Gasteiger partial charge is 0.497 e. The fourth-order valence-electron chi connectivity index (χ4n) is 3.41. The quantitative estimate of drug-likeness (QED) is 0.782. The first-order valence-electron chi connectivity index (χ1n) is 8.76. The van der Waals surface area contributed by atoms with Crippen molar-refractivity contribution in [3.8, 4) is 5.75 Å². The van der Waals surface area contributed by atoms with Crippen LogP contribution in [0.25, 0.3) is 0 Å². The van der Waals surface area contributed by atoms with E-state index >= 15 is 0 Å². The Hall–Kier alpha value is -2.89. The Morgan fingerprint density at radius 1 is 1.26 bits per heavy atom. The van der Waals surface area contributed by atoms with Gasteiger partial charge in [-0.1, -0.05) is 24.3 Å². The molecule has 1 saturated carbocycles. The van der Waals surface area contributed by atoms with E-state index < -0.39 is 11.5 Å². The Morgan fingerprint density at radius 2 is 1.96 bits per heavy atom. The summed E-state index contributed by atoms with van der Waals surface area (Å²) >= 11 is 0. The van der Waals surface area contributed by atoms with Crippen molar-refractivity contribution in [2.45, 2.75) is 31.2 Å². The van der Waals surface area contributed by atoms with Crippen molar-refractivity contribution < 1.29 is 23.8 Å². The van der Waals surface area contributed by atoms with Crippen molar-refractivity contribution in [3.63, 3.8) is 0 Å². The number of benzene rings is 2. The van der Waals surface area contributed by atoms with E-state index in [0.29, 0.717) is 17.7 Å². The predicted molar refractivity (Wildman–Crippen MR) is 98.0 cm³/mol. The van der Waals surface area contributed by atoms with Crippen LogP contribution in [0.4, 0.5) is 4.39 Å². The third-order valence-corrected chi connectivity index (χ3v) is 5.04. The fraction of sp³-hybridized carbons (Fsp3) is 0.333. The maximum atomic E-state index is 13.1. The van der Waals surface area contributed by atoms with Gasteiger partial charge in [0.25, 0.3) is 0 Å². The topological polar surface area (TPSA) is 75.6 Å². The molecule has 2 aromatic rings. The summed E-state index contributed by atoms with van der Waals surface area (Å²) in [6.07, 6.45) is 0.415. The normalized spacial score (nSPS) is 20.4. The summed E-state index contributed by atoms with van der Waals surface area (Å²) in [6.45, 7) is 1.70. The van der Waals surface area contributed by atoms with E-state index in [2.05, 4.69) is 5.32 Å². The zero-order valence-electron chi connectivity index (χ0n) is 15.2. The van der Waals surface area contributed by atoms with Crippen LogP contribution in [0.1, 0.15) is 36.8 Å². The molecule has 0 radical (unpaired) electrons. The lowest BCUT2D eigenvalue weighted by Gasteiger charge is -2.30. The highest BCUT2D eigenvalue weighted by molar-refractivity contribution is 5.84. The first-order chi connectivity index (χ1) is 12.8. The van der Waals surface area contributed by atoms with Gasteiger partial charge in [-0.25, -0.2) is 4.39 Å². The number of carboxylic acids is 1. The van der Waals surface area contributed by atoms with Crippen LogP contribution in [0.15, 0.2) is 48.5 Å². The van der Waals surface area contributed by atoms with Crippen LogP contribution in [0.3, 0.4) is 0 Å². The molecule has 3 rings (SSSR count). The molecule has 0 bridgehead atoms. The Labute approximate surface area is 157 Å². The SMILES string of the molecule is COc1cccc(C(C)(CC(=O)O)NC(=O)C2CC2c2ccc(F)cc2)c1. The van der Waals surface area contributed by atoms with E-state index in [9.17, 15) is 19.1 Å². The summed E-state index contributed by atoms with van der Waals surface area (Å²) < 4.78 is 18.3. The number of rotatable bonds is 7. The molecule has 2 aromatic carbocycles. The summed E-state index contributed by atoms with van der Waals surface area (Å²) in [5, 5.41) is 12.3. The predicted octanol–water partition coefficient (Wildman–Crippen LogP) is 3.44. The Kier molecular flexibility index (Phi) is 5.17. The third kappa shape index (κ3) is 4.27. The molecule has 2 N–H and O–H groups in total. The average molecular weight is 371 g/mol. The number of carbonyl (C=O) groups is 2. The number of aliphatic carboxylic acids is 1. The maximum Gasteiger partial charge on any atom is 0.306 e. The monoisotopic (exact) mass is 371 g/mol. The number of methoxy groups -OCH3 is 1. The molecule has 1 amide bonds. The van der Waals surface area contributed by atoms with Crippen LogP contribution < -0.4 is 10.1 Å². The van der Waals surface area contributed by atoms with Crippen molar-refractivity contribution in [2.75, 3.05) is 7.11 Å². The van der Waals surface area contributed by atoms with Crippen LogP contribution >= 0.6 is 0 Å². The fourth-order valence-corrected chi connectivity index (χ4v) is 3.41. The lowest BCUT2D eigenvalue weighted by molar-refractivity contribution is -0.139. The Balaban J connectivity index is 1.77. The first-order valence-corrected chi connectivity index (χ1v) is 8.76. The van der Waals surface area contributed by atoms with Gasteiger partial charge in [-0.2, -0.15) is 0 Å². The van der Waals surface area contributed by atoms with Crippen LogP contribution in [0.5, 0.6) is 5.75 Å². The maximum absolute atomic E-state index is 13.1. The molecule has 5 nitrogen and oxygen atoms in total. The second kappa shape index (κ2) is 7.39. The smallest absolute Gasteiger partial charge is 0.306 e. The molecular formula is C21H22FNO4. The highest BCUT2D eigenvalue weighted by atomic mass is 19.1. The lowest BCUT2D eigenvalue weighted by atomic mass is 9.88. The highest BCUT2D eigenvalue weighted by Crippen LogP contribution is 2.48. The summed E-state index contributed by atoms with van der Waals surface area (Å²) in [7, 11) is 1.53. The molecule has 3 unspecified atom stereocenters. The summed E-state index contributed by atoms with van der Waals surface area (Å²) in [6, 6.07) is 13.2. The van der Waals surface area contributed by atoms with Gasteiger partial charge in [-0.05, 0) is 54.7 Å². The van der Waals surface area contributed by atoms with Gasteiger partial charge >= 0.3 is 5.97 Å². The van der Waals surface area contributed by atoms with Crippen LogP contribution in [-0.2, 0) is 15.1 Å². The summed E-state index contributed by atoms with van der Waals surface area (Å²) in [5.74, 6) is -1.14. The van der Waals surface area contributed by atoms with Crippen molar-refractivity contribution >= 4 is 11.9 Å². The van der Waals surface area contributed by atoms with Crippen molar-refractivity contribution in [1.82, 2.24) is 5.32 Å². The van der Waals surface area contributed by atoms with E-state index in [1.807, 2.05) is 0 Å². The van der Waals surface area contributed by atoms with E-state index in [0.717, 1.165) is 5.56 Å². The number of amides is 1. The van der Waals surface area contributed by atoms with Gasteiger partial charge in [-0.15, -0.1) is 0 Å². The number of hydrogen-bond acceptors (Lipinski definition) is 3. The summed E-state index contributed by atoms with van der Waals surface area (Å²) in [5.41, 5.74) is 0.516. The number of ether oxygens (including phenoxy) is 1. The molecule has 1 aliphatic carbocycles. The second-order valence-electron chi connectivity index (χ2n) is 7.12. The number of carboxylic acid groups (broad SMARTS) is 1. The second-order valence-corrected chi connectivity index (χ2v) is 7.12. The molecule has 1 aliphatic rings. The standard InChI is InChI=1S/C21H22FNO4/c1-21(12-19(24)25,14-4-3-5-16(10-14)27-2)23-20(26)18-11-17(18)13-6-8-15(22)9-7-13/h3-10,17-18H,11-12H2,1-2H3,(H,23,26)(H,24,25). The van der Waals surface area contributed by atoms with Crippen LogP contribution in [0, 0.1) is 11.7 Å². The molecule has 0 aromatic heterocycles. The minimum Gasteiger partial charge on any atom is -0.497 e. The number of nitrogens with one attached hydrogen (secondary N) is 1. The molecule has 1 fully saturated rings. The van der Waals surface area contributed by atoms with Crippen molar-refractivity contribution in [2.24, 2.45) is 5.92 Å². The Bertz CT molecular complexity index is 852. The van der Waals surface area contributed by atoms with Gasteiger partial charge in [-0.3, -0.25) is 9.59 Å². The van der Waals surface area contributed by atoms with Crippen LogP contribution in [0.2, 0.25) is 0 Å². The van der Waals surface area contributed by atoms with Crippen LogP contribution in [-0.4, -0.2) is 24.1 Å². The zero-order chi connectivity index (χ0) is 19.6. The molecule has 6 heteroatoms. The van der Waals surface area contributed by atoms with Gasteiger partial charge in [0.15, 0.2) is 0 Å². The number of hydrogen-bond donors (Lipinski definition) is 2. The molecule has 142 valence electrons. The van der Waals surface area contributed by atoms with Gasteiger partial charge in [0, 0.05) is 5.92 Å². The minimum absolute atomic E-state index is 0.0324. The Morgan fingerprint density at radius 3 is 2.59 bits per heavy atom. The number of carbonyl (C=O) groups excluding carboxylic acids is 1. The molecule has 0 saturated heterocycles. The average Bonchev–Trinajstić information content (AvgIpc) is 3.42. The minimum atomic E-state index is -1.06. The van der Waals surface area contributed by atoms with Gasteiger partial charge < -0.3 is 15.2 Å². The number of halogens is 1. The van der Waals surface area contributed by atoms with Crippen molar-refractivity contribution in [3.05, 3.63) is 65.5 Å². The van der Waals surface area contributed by atoms with Gasteiger partial charge in [0.2, 0.25) is 5.91 Å². The molecule has 0 aliphatic heterocycles. The highest BCUT2D eigenvalue weighted by Gasteiger charge is 2.46. The third-order valence-electron chi connectivity index (χ3n) is 5.04.